The minimum absolute atomic E-state index is 0.146. The lowest BCUT2D eigenvalue weighted by molar-refractivity contribution is -0.254. The minimum atomic E-state index is -1.67. The van der Waals surface area contributed by atoms with Crippen LogP contribution in [0, 0.1) is 11.3 Å². The molecule has 4 N–H and O–H groups in total. The molecule has 28 heavy (non-hydrogen) atoms. The maximum atomic E-state index is 13.1. The molecule has 2 aromatic rings. The van der Waals surface area contributed by atoms with Gasteiger partial charge in [-0.05, 0) is 6.26 Å². The predicted octanol–water partition coefficient (Wildman–Crippen LogP) is -0.524. The van der Waals surface area contributed by atoms with Crippen LogP contribution in [-0.4, -0.2) is 67.3 Å². The number of thioether (sulfide) groups is 1. The Morgan fingerprint density at radius 3 is 2.46 bits per heavy atom. The first-order chi connectivity index (χ1) is 13.4. The summed E-state index contributed by atoms with van der Waals surface area (Å²) in [5.74, 6) is 0. The van der Waals surface area contributed by atoms with E-state index in [1.165, 1.54) is 0 Å². The molecule has 148 valence electrons. The van der Waals surface area contributed by atoms with Crippen molar-refractivity contribution in [3.63, 3.8) is 0 Å². The molecule has 1 aliphatic rings. The molecule has 5 atom stereocenters. The van der Waals surface area contributed by atoms with Gasteiger partial charge in [0.25, 0.3) is 5.56 Å². The molecule has 0 amide bonds. The number of benzene rings is 1. The van der Waals surface area contributed by atoms with Crippen molar-refractivity contribution in [3.8, 4) is 17.3 Å². The number of nitriles is 1. The van der Waals surface area contributed by atoms with Gasteiger partial charge in [0.1, 0.15) is 36.0 Å². The number of aliphatic hydroxyl groups is 4. The Balaban J connectivity index is 2.19. The normalized spacial score (nSPS) is 27.4. The molecule has 0 aliphatic carbocycles. The third-order valence-electron chi connectivity index (χ3n) is 4.55. The number of nitrogens with zero attached hydrogens (tertiary/aromatic N) is 3. The zero-order valence-electron chi connectivity index (χ0n) is 14.8. The fourth-order valence-corrected chi connectivity index (χ4v) is 3.65. The summed E-state index contributed by atoms with van der Waals surface area (Å²) in [4.78, 5) is 17.5. The lowest BCUT2D eigenvalue weighted by Gasteiger charge is -2.40. The van der Waals surface area contributed by atoms with Crippen molar-refractivity contribution in [2.45, 2.75) is 35.8 Å². The molecular weight excluding hydrogens is 386 g/mol. The monoisotopic (exact) mass is 405 g/mol. The van der Waals surface area contributed by atoms with E-state index in [9.17, 15) is 30.5 Å². The third kappa shape index (κ3) is 3.44. The summed E-state index contributed by atoms with van der Waals surface area (Å²) >= 11 is 1.09. The Morgan fingerprint density at radius 2 is 1.89 bits per heavy atom. The number of ether oxygens (including phenoxy) is 1. The lowest BCUT2D eigenvalue weighted by atomic mass is 9.98. The van der Waals surface area contributed by atoms with Crippen LogP contribution in [0.3, 0.4) is 0 Å². The van der Waals surface area contributed by atoms with E-state index in [2.05, 4.69) is 4.98 Å². The van der Waals surface area contributed by atoms with Crippen LogP contribution >= 0.6 is 11.8 Å². The Kier molecular flexibility index (Phi) is 6.14. The van der Waals surface area contributed by atoms with Gasteiger partial charge in [0.2, 0.25) is 0 Å². The molecule has 1 fully saturated rings. The summed E-state index contributed by atoms with van der Waals surface area (Å²) in [6, 6.07) is 10.6. The predicted molar refractivity (Wildman–Crippen MR) is 99.4 cm³/mol. The van der Waals surface area contributed by atoms with Crippen molar-refractivity contribution in [1.29, 1.82) is 5.26 Å². The van der Waals surface area contributed by atoms with Crippen molar-refractivity contribution in [3.05, 3.63) is 46.2 Å². The summed E-state index contributed by atoms with van der Waals surface area (Å²) in [5.41, 5.74) is -0.239. The summed E-state index contributed by atoms with van der Waals surface area (Å²) in [5, 5.41) is 49.5. The molecule has 1 aromatic carbocycles. The lowest BCUT2D eigenvalue weighted by Crippen LogP contribution is -2.58. The van der Waals surface area contributed by atoms with Crippen LogP contribution in [0.2, 0.25) is 0 Å². The fourth-order valence-electron chi connectivity index (χ4n) is 3.08. The number of hydrogen-bond acceptors (Lipinski definition) is 9. The highest BCUT2D eigenvalue weighted by Gasteiger charge is 2.45. The summed E-state index contributed by atoms with van der Waals surface area (Å²) < 4.78 is 6.45. The van der Waals surface area contributed by atoms with Crippen molar-refractivity contribution >= 4 is 11.8 Å². The molecule has 10 heteroatoms. The average Bonchev–Trinajstić information content (AvgIpc) is 2.72. The van der Waals surface area contributed by atoms with Crippen LogP contribution in [-0.2, 0) is 4.74 Å². The maximum absolute atomic E-state index is 13.1. The Hall–Kier alpha value is -2.26. The molecule has 9 nitrogen and oxygen atoms in total. The minimum Gasteiger partial charge on any atom is -0.394 e. The van der Waals surface area contributed by atoms with E-state index in [0.29, 0.717) is 5.56 Å². The molecule has 0 bridgehead atoms. The van der Waals surface area contributed by atoms with Gasteiger partial charge in [-0.25, -0.2) is 4.98 Å². The molecule has 2 heterocycles. The second-order valence-electron chi connectivity index (χ2n) is 6.19. The topological polar surface area (TPSA) is 149 Å². The Morgan fingerprint density at radius 1 is 1.21 bits per heavy atom. The largest absolute Gasteiger partial charge is 0.394 e. The van der Waals surface area contributed by atoms with E-state index in [1.54, 1.807) is 36.6 Å². The van der Waals surface area contributed by atoms with E-state index < -0.39 is 42.8 Å². The van der Waals surface area contributed by atoms with Crippen LogP contribution < -0.4 is 5.56 Å². The average molecular weight is 405 g/mol. The molecule has 1 aliphatic heterocycles. The third-order valence-corrected chi connectivity index (χ3v) is 5.20. The van der Waals surface area contributed by atoms with Crippen LogP contribution in [0.15, 0.2) is 40.3 Å². The van der Waals surface area contributed by atoms with Gasteiger partial charge in [0, 0.05) is 5.56 Å². The zero-order valence-corrected chi connectivity index (χ0v) is 15.7. The van der Waals surface area contributed by atoms with Crippen LogP contribution in [0.25, 0.3) is 11.3 Å². The van der Waals surface area contributed by atoms with Crippen molar-refractivity contribution < 1.29 is 25.2 Å². The van der Waals surface area contributed by atoms with E-state index in [4.69, 9.17) is 4.74 Å². The molecular formula is C18H19N3O6S. The highest BCUT2D eigenvalue weighted by atomic mass is 32.2. The SMILES string of the molecule is CSc1nc(-c2ccccc2)c(C#N)c(=O)n1[C@@H]1O[C@H](CO)[C@H](O)[C@H](O)[C@H]1O. The standard InChI is InChI=1S/C18H19N3O6S/c1-28-18-20-12(9-5-3-2-4-6-9)10(7-19)16(26)21(18)17-15(25)14(24)13(23)11(8-22)27-17/h2-6,11,13-15,17,22-25H,8H2,1H3/t11-,13+,14+,15-,17-/m1/s1. The van der Waals surface area contributed by atoms with Crippen LogP contribution in [0.5, 0.6) is 0 Å². The number of aliphatic hydroxyl groups excluding tert-OH is 4. The maximum Gasteiger partial charge on any atom is 0.274 e. The van der Waals surface area contributed by atoms with Gasteiger partial charge in [0.05, 0.1) is 12.3 Å². The summed E-state index contributed by atoms with van der Waals surface area (Å²) in [6.45, 7) is -0.633. The van der Waals surface area contributed by atoms with Crippen molar-refractivity contribution in [1.82, 2.24) is 9.55 Å². The van der Waals surface area contributed by atoms with Gasteiger partial charge in [0.15, 0.2) is 11.4 Å². The van der Waals surface area contributed by atoms with Gasteiger partial charge < -0.3 is 25.2 Å². The second kappa shape index (κ2) is 8.40. The van der Waals surface area contributed by atoms with Gasteiger partial charge in [-0.2, -0.15) is 5.26 Å². The first-order valence-corrected chi connectivity index (χ1v) is 9.63. The summed E-state index contributed by atoms with van der Waals surface area (Å²) in [6.07, 6.45) is -5.85. The highest BCUT2D eigenvalue weighted by Crippen LogP contribution is 2.31. The fraction of sp³-hybridized carbons (Fsp3) is 0.389. The highest BCUT2D eigenvalue weighted by molar-refractivity contribution is 7.98. The molecule has 0 saturated carbocycles. The van der Waals surface area contributed by atoms with Crippen LogP contribution in [0.1, 0.15) is 11.8 Å². The van der Waals surface area contributed by atoms with Crippen molar-refractivity contribution in [2.24, 2.45) is 0 Å². The zero-order chi connectivity index (χ0) is 20.4. The van der Waals surface area contributed by atoms with Gasteiger partial charge in [-0.15, -0.1) is 0 Å². The van der Waals surface area contributed by atoms with Gasteiger partial charge >= 0.3 is 0 Å². The van der Waals surface area contributed by atoms with E-state index >= 15 is 0 Å². The first kappa shape index (κ1) is 20.5. The molecule has 0 unspecified atom stereocenters. The Labute approximate surface area is 164 Å². The van der Waals surface area contributed by atoms with E-state index in [0.717, 1.165) is 16.3 Å². The molecule has 3 rings (SSSR count). The quantitative estimate of drug-likeness (QED) is 0.389. The van der Waals surface area contributed by atoms with E-state index in [1.807, 2.05) is 6.07 Å². The number of aromatic nitrogens is 2. The molecule has 1 saturated heterocycles. The number of rotatable bonds is 4. The van der Waals surface area contributed by atoms with Crippen molar-refractivity contribution in [2.75, 3.05) is 12.9 Å². The molecule has 1 aromatic heterocycles. The van der Waals surface area contributed by atoms with Gasteiger partial charge in [-0.3, -0.25) is 9.36 Å². The first-order valence-electron chi connectivity index (χ1n) is 8.41. The summed E-state index contributed by atoms with van der Waals surface area (Å²) in [7, 11) is 0. The number of hydrogen-bond donors (Lipinski definition) is 4. The van der Waals surface area contributed by atoms with E-state index in [-0.39, 0.29) is 16.4 Å². The smallest absolute Gasteiger partial charge is 0.274 e. The molecule has 0 spiro atoms. The Bertz CT molecular complexity index is 943. The molecule has 0 radical (unpaired) electrons. The van der Waals surface area contributed by atoms with Crippen LogP contribution in [0.4, 0.5) is 0 Å². The second-order valence-corrected chi connectivity index (χ2v) is 6.97. The van der Waals surface area contributed by atoms with Gasteiger partial charge in [-0.1, -0.05) is 42.1 Å².